The topological polar surface area (TPSA) is 38.7 Å². The van der Waals surface area contributed by atoms with Crippen molar-refractivity contribution in [3.05, 3.63) is 33.8 Å². The molecule has 2 bridgehead atoms. The number of benzene rings is 1. The van der Waals surface area contributed by atoms with Crippen molar-refractivity contribution in [2.75, 3.05) is 5.33 Å². The number of carbonyl (C=O) groups is 1. The molecule has 0 heterocycles. The zero-order valence-corrected chi connectivity index (χ0v) is 16.1. The van der Waals surface area contributed by atoms with Gasteiger partial charge in [0.1, 0.15) is 0 Å². The van der Waals surface area contributed by atoms with Crippen molar-refractivity contribution in [2.45, 2.75) is 33.1 Å². The number of carbonyl (C=O) groups excluding carboxylic acids is 1. The minimum absolute atomic E-state index is 0.0226. The zero-order chi connectivity index (χ0) is 16.8. The van der Waals surface area contributed by atoms with Gasteiger partial charge in [0.25, 0.3) is 0 Å². The van der Waals surface area contributed by atoms with Crippen molar-refractivity contribution < 1.29 is 9.63 Å². The van der Waals surface area contributed by atoms with Crippen LogP contribution in [0.5, 0.6) is 0 Å². The maximum Gasteiger partial charge on any atom is 0.367 e. The molecule has 0 aliphatic heterocycles. The fraction of sp³-hybridized carbons (Fsp3) is 0.529. The Balaban J connectivity index is 1.80. The summed E-state index contributed by atoms with van der Waals surface area (Å²) in [7, 11) is 0. The highest BCUT2D eigenvalue weighted by Gasteiger charge is 2.62. The van der Waals surface area contributed by atoms with Gasteiger partial charge in [0.2, 0.25) is 0 Å². The number of halogens is 3. The summed E-state index contributed by atoms with van der Waals surface area (Å²) in [6.07, 6.45) is 3.17. The fourth-order valence-electron chi connectivity index (χ4n) is 3.97. The standard InChI is InChI=1S/C17H18BrCl2NO2/c1-16-6-5-10(17(16,2)9-18)7-14(16)21-23-15(22)12-4-3-11(19)8-13(12)20/h3-4,8,10H,5-7,9H2,1-2H3/b21-14+. The quantitative estimate of drug-likeness (QED) is 0.357. The van der Waals surface area contributed by atoms with E-state index in [1.807, 2.05) is 0 Å². The van der Waals surface area contributed by atoms with Gasteiger partial charge >= 0.3 is 5.97 Å². The number of hydrogen-bond donors (Lipinski definition) is 0. The van der Waals surface area contributed by atoms with Crippen molar-refractivity contribution in [3.63, 3.8) is 0 Å². The van der Waals surface area contributed by atoms with Crippen LogP contribution in [0.3, 0.4) is 0 Å². The summed E-state index contributed by atoms with van der Waals surface area (Å²) in [5, 5.41) is 5.89. The lowest BCUT2D eigenvalue weighted by molar-refractivity contribution is 0.0509. The van der Waals surface area contributed by atoms with E-state index >= 15 is 0 Å². The molecule has 0 amide bonds. The molecule has 0 spiro atoms. The van der Waals surface area contributed by atoms with Crippen molar-refractivity contribution in [2.24, 2.45) is 21.9 Å². The summed E-state index contributed by atoms with van der Waals surface area (Å²) in [5.74, 6) is 0.0366. The molecule has 1 aromatic carbocycles. The fourth-order valence-corrected chi connectivity index (χ4v) is 5.54. The second kappa shape index (κ2) is 6.05. The van der Waals surface area contributed by atoms with E-state index in [1.54, 1.807) is 12.1 Å². The second-order valence-electron chi connectivity index (χ2n) is 6.86. The van der Waals surface area contributed by atoms with E-state index in [2.05, 4.69) is 34.9 Å². The average molecular weight is 419 g/mol. The molecule has 0 N–H and O–H groups in total. The lowest BCUT2D eigenvalue weighted by Gasteiger charge is -2.36. The van der Waals surface area contributed by atoms with Crippen LogP contribution >= 0.6 is 39.1 Å². The van der Waals surface area contributed by atoms with Gasteiger partial charge in [0, 0.05) is 15.8 Å². The predicted molar refractivity (Wildman–Crippen MR) is 96.7 cm³/mol. The molecule has 0 aromatic heterocycles. The van der Waals surface area contributed by atoms with Crippen molar-refractivity contribution in [1.29, 1.82) is 0 Å². The third-order valence-electron chi connectivity index (χ3n) is 5.90. The van der Waals surface area contributed by atoms with Crippen LogP contribution in [0.1, 0.15) is 43.5 Å². The number of rotatable bonds is 3. The Hall–Kier alpha value is -0.580. The normalized spacial score (nSPS) is 34.1. The largest absolute Gasteiger partial charge is 0.367 e. The first-order valence-corrected chi connectivity index (χ1v) is 9.49. The van der Waals surface area contributed by atoms with Crippen LogP contribution in [-0.4, -0.2) is 17.0 Å². The molecular weight excluding hydrogens is 401 g/mol. The van der Waals surface area contributed by atoms with Crippen LogP contribution in [0.4, 0.5) is 0 Å². The average Bonchev–Trinajstić information content (AvgIpc) is 2.88. The van der Waals surface area contributed by atoms with Crippen LogP contribution in [0.15, 0.2) is 23.4 Å². The van der Waals surface area contributed by atoms with E-state index in [-0.39, 0.29) is 21.4 Å². The molecule has 0 saturated heterocycles. The molecule has 2 fully saturated rings. The molecule has 6 heteroatoms. The molecule has 2 aliphatic rings. The van der Waals surface area contributed by atoms with E-state index in [0.29, 0.717) is 10.9 Å². The minimum atomic E-state index is -0.550. The van der Waals surface area contributed by atoms with E-state index in [9.17, 15) is 4.79 Å². The number of fused-ring (bicyclic) bond motifs is 2. The number of hydrogen-bond acceptors (Lipinski definition) is 3. The van der Waals surface area contributed by atoms with Crippen LogP contribution in [-0.2, 0) is 4.84 Å². The molecule has 2 aliphatic carbocycles. The van der Waals surface area contributed by atoms with Gasteiger partial charge in [-0.3, -0.25) is 0 Å². The molecule has 3 unspecified atom stereocenters. The number of nitrogens with zero attached hydrogens (tertiary/aromatic N) is 1. The zero-order valence-electron chi connectivity index (χ0n) is 13.0. The number of oxime groups is 1. The lowest BCUT2D eigenvalue weighted by Crippen LogP contribution is -2.36. The molecular formula is C17H18BrCl2NO2. The van der Waals surface area contributed by atoms with Gasteiger partial charge in [0.05, 0.1) is 16.3 Å². The maximum atomic E-state index is 12.2. The first-order valence-electron chi connectivity index (χ1n) is 7.61. The van der Waals surface area contributed by atoms with E-state index in [0.717, 1.165) is 23.9 Å². The SMILES string of the molecule is CC12CCC(C/C1=N\OC(=O)c1ccc(Cl)cc1Cl)C2(C)CBr. The summed E-state index contributed by atoms with van der Waals surface area (Å²) in [6.45, 7) is 4.52. The molecule has 23 heavy (non-hydrogen) atoms. The Bertz CT molecular complexity index is 693. The van der Waals surface area contributed by atoms with Crippen LogP contribution in [0.25, 0.3) is 0 Å². The monoisotopic (exact) mass is 417 g/mol. The molecule has 0 radical (unpaired) electrons. The highest BCUT2D eigenvalue weighted by atomic mass is 79.9. The van der Waals surface area contributed by atoms with Gasteiger partial charge in [0.15, 0.2) is 0 Å². The summed E-state index contributed by atoms with van der Waals surface area (Å²) in [4.78, 5) is 17.4. The highest BCUT2D eigenvalue weighted by molar-refractivity contribution is 9.09. The first-order chi connectivity index (χ1) is 10.8. The number of alkyl halides is 1. The van der Waals surface area contributed by atoms with E-state index in [1.165, 1.54) is 12.5 Å². The van der Waals surface area contributed by atoms with Crippen LogP contribution in [0, 0.1) is 16.7 Å². The summed E-state index contributed by atoms with van der Waals surface area (Å²) in [5.41, 5.74) is 1.40. The first kappa shape index (κ1) is 17.2. The molecule has 3 rings (SSSR count). The van der Waals surface area contributed by atoms with Gasteiger partial charge in [-0.1, -0.05) is 58.1 Å². The van der Waals surface area contributed by atoms with Crippen LogP contribution < -0.4 is 0 Å². The molecule has 3 nitrogen and oxygen atoms in total. The molecule has 3 atom stereocenters. The van der Waals surface area contributed by atoms with E-state index in [4.69, 9.17) is 28.0 Å². The maximum absolute atomic E-state index is 12.2. The Morgan fingerprint density at radius 1 is 1.43 bits per heavy atom. The molecule has 1 aromatic rings. The van der Waals surface area contributed by atoms with Gasteiger partial charge in [-0.25, -0.2) is 4.79 Å². The third kappa shape index (κ3) is 2.63. The summed E-state index contributed by atoms with van der Waals surface area (Å²) in [6, 6.07) is 4.68. The van der Waals surface area contributed by atoms with Gasteiger partial charge < -0.3 is 4.84 Å². The minimum Gasteiger partial charge on any atom is -0.313 e. The van der Waals surface area contributed by atoms with Gasteiger partial charge in [-0.05, 0) is 48.8 Å². The Kier molecular flexibility index (Phi) is 4.54. The van der Waals surface area contributed by atoms with E-state index < -0.39 is 5.97 Å². The second-order valence-corrected chi connectivity index (χ2v) is 8.27. The van der Waals surface area contributed by atoms with Crippen LogP contribution in [0.2, 0.25) is 10.0 Å². The van der Waals surface area contributed by atoms with Gasteiger partial charge in [-0.15, -0.1) is 0 Å². The molecule has 124 valence electrons. The third-order valence-corrected chi connectivity index (χ3v) is 7.61. The summed E-state index contributed by atoms with van der Waals surface area (Å²) >= 11 is 15.5. The van der Waals surface area contributed by atoms with Crippen molar-refractivity contribution in [3.8, 4) is 0 Å². The molecule has 2 saturated carbocycles. The highest BCUT2D eigenvalue weighted by Crippen LogP contribution is 2.64. The Labute approximate surface area is 154 Å². The Morgan fingerprint density at radius 2 is 2.17 bits per heavy atom. The van der Waals surface area contributed by atoms with Crippen molar-refractivity contribution >= 4 is 50.8 Å². The predicted octanol–water partition coefficient (Wildman–Crippen LogP) is 5.73. The lowest BCUT2D eigenvalue weighted by atomic mass is 9.70. The van der Waals surface area contributed by atoms with Crippen molar-refractivity contribution in [1.82, 2.24) is 0 Å². The Morgan fingerprint density at radius 3 is 2.78 bits per heavy atom. The smallest absolute Gasteiger partial charge is 0.313 e. The summed E-state index contributed by atoms with van der Waals surface area (Å²) < 4.78 is 0. The van der Waals surface area contributed by atoms with Gasteiger partial charge in [-0.2, -0.15) is 0 Å².